The fourth-order valence-electron chi connectivity index (χ4n) is 2.84. The van der Waals surface area contributed by atoms with Crippen molar-refractivity contribution in [3.63, 3.8) is 0 Å². The van der Waals surface area contributed by atoms with Crippen LogP contribution in [0.3, 0.4) is 0 Å². The van der Waals surface area contributed by atoms with E-state index in [2.05, 4.69) is 40.3 Å². The predicted octanol–water partition coefficient (Wildman–Crippen LogP) is 4.19. The number of aliphatic hydroxyl groups excluding tert-OH is 3. The Kier molecular flexibility index (Phi) is 21.7. The fourth-order valence-corrected chi connectivity index (χ4v) is 3.64. The summed E-state index contributed by atoms with van der Waals surface area (Å²) in [5.41, 5.74) is 0. The van der Waals surface area contributed by atoms with Crippen molar-refractivity contribution >= 4 is 13.8 Å². The third kappa shape index (κ3) is 22.7. The summed E-state index contributed by atoms with van der Waals surface area (Å²) < 4.78 is 25.5. The monoisotopic (exact) mass is 508 g/mol. The Labute approximate surface area is 204 Å². The molecule has 0 aliphatic carbocycles. The smallest absolute Gasteiger partial charge is 0.463 e. The zero-order valence-electron chi connectivity index (χ0n) is 20.6. The average Bonchev–Trinajstić information content (AvgIpc) is 2.82. The Bertz CT molecular complexity index is 595. The molecule has 0 bridgehead atoms. The van der Waals surface area contributed by atoms with E-state index < -0.39 is 45.8 Å². The minimum atomic E-state index is -4.49. The van der Waals surface area contributed by atoms with E-state index in [1.165, 1.54) is 25.7 Å². The molecule has 0 amide bonds. The second-order valence-electron chi connectivity index (χ2n) is 8.21. The van der Waals surface area contributed by atoms with E-state index in [4.69, 9.17) is 14.9 Å². The number of carbonyl (C=O) groups is 1. The van der Waals surface area contributed by atoms with Crippen molar-refractivity contribution in [1.82, 2.24) is 0 Å². The predicted molar refractivity (Wildman–Crippen MR) is 131 cm³/mol. The van der Waals surface area contributed by atoms with Crippen molar-refractivity contribution in [3.05, 3.63) is 24.3 Å². The maximum Gasteiger partial charge on any atom is 0.472 e. The quantitative estimate of drug-likeness (QED) is 0.0691. The number of phosphoric ester groups is 1. The molecule has 0 saturated carbocycles. The summed E-state index contributed by atoms with van der Waals surface area (Å²) >= 11 is 0. The van der Waals surface area contributed by atoms with Crippen LogP contribution in [0.15, 0.2) is 24.3 Å². The molecule has 0 saturated heterocycles. The highest BCUT2D eigenvalue weighted by Gasteiger charge is 2.24. The van der Waals surface area contributed by atoms with Crippen molar-refractivity contribution < 1.29 is 43.4 Å². The minimum absolute atomic E-state index is 0.249. The Morgan fingerprint density at radius 3 is 2.00 bits per heavy atom. The minimum Gasteiger partial charge on any atom is -0.463 e. The highest BCUT2D eigenvalue weighted by molar-refractivity contribution is 7.47. The van der Waals surface area contributed by atoms with Crippen LogP contribution < -0.4 is 0 Å². The maximum atomic E-state index is 11.7. The first-order valence-electron chi connectivity index (χ1n) is 12.3. The van der Waals surface area contributed by atoms with Crippen LogP contribution in [-0.2, 0) is 23.1 Å². The van der Waals surface area contributed by atoms with Crippen LogP contribution in [-0.4, -0.2) is 64.8 Å². The van der Waals surface area contributed by atoms with Gasteiger partial charge in [0.15, 0.2) is 0 Å². The van der Waals surface area contributed by atoms with E-state index in [1.807, 2.05) is 0 Å². The van der Waals surface area contributed by atoms with Crippen molar-refractivity contribution in [2.24, 2.45) is 0 Å². The molecule has 0 spiro atoms. The lowest BCUT2D eigenvalue weighted by Gasteiger charge is -2.16. The van der Waals surface area contributed by atoms with Crippen molar-refractivity contribution in [2.75, 3.05) is 26.4 Å². The lowest BCUT2D eigenvalue weighted by molar-refractivity contribution is -0.147. The lowest BCUT2D eigenvalue weighted by Crippen LogP contribution is -2.24. The normalized spacial score (nSPS) is 15.6. The summed E-state index contributed by atoms with van der Waals surface area (Å²) in [6.45, 7) is 0.0400. The number of hydrogen-bond acceptors (Lipinski definition) is 8. The van der Waals surface area contributed by atoms with Gasteiger partial charge in [-0.25, -0.2) is 4.57 Å². The number of carbonyl (C=O) groups excluding carboxylic acids is 1. The van der Waals surface area contributed by atoms with E-state index in [0.29, 0.717) is 6.42 Å². The average molecular weight is 509 g/mol. The Hall–Kier alpha value is -1.06. The first-order chi connectivity index (χ1) is 16.3. The molecule has 34 heavy (non-hydrogen) atoms. The summed E-state index contributed by atoms with van der Waals surface area (Å²) in [6, 6.07) is 0. The third-order valence-corrected chi connectivity index (χ3v) is 5.79. The number of esters is 1. The molecule has 0 aliphatic rings. The first-order valence-corrected chi connectivity index (χ1v) is 13.8. The summed E-state index contributed by atoms with van der Waals surface area (Å²) in [5.74, 6) is -0.445. The number of allylic oxidation sites excluding steroid dienone is 4. The summed E-state index contributed by atoms with van der Waals surface area (Å²) in [4.78, 5) is 21.1. The summed E-state index contributed by atoms with van der Waals surface area (Å²) in [5, 5.41) is 27.4. The second-order valence-corrected chi connectivity index (χ2v) is 9.67. The lowest BCUT2D eigenvalue weighted by atomic mass is 10.1. The highest BCUT2D eigenvalue weighted by Crippen LogP contribution is 2.43. The molecule has 1 unspecified atom stereocenters. The number of unbranched alkanes of at least 4 members (excludes halogenated alkanes) is 8. The van der Waals surface area contributed by atoms with Crippen LogP contribution in [0.1, 0.15) is 84.0 Å². The number of ether oxygens (including phenoxy) is 1. The van der Waals surface area contributed by atoms with Crippen LogP contribution in [0.2, 0.25) is 0 Å². The SMILES string of the molecule is CCCCC/C=C\C/C=C\CCCCCCCC(=O)OC[C@@H](O)COP(=O)(O)OC[C@@H](O)CO. The van der Waals surface area contributed by atoms with E-state index >= 15 is 0 Å². The molecule has 3 atom stereocenters. The molecule has 4 N–H and O–H groups in total. The van der Waals surface area contributed by atoms with E-state index in [-0.39, 0.29) is 13.0 Å². The van der Waals surface area contributed by atoms with Gasteiger partial charge in [-0.3, -0.25) is 13.8 Å². The van der Waals surface area contributed by atoms with Gasteiger partial charge >= 0.3 is 13.8 Å². The molecule has 0 aromatic heterocycles. The Morgan fingerprint density at radius 2 is 1.38 bits per heavy atom. The van der Waals surface area contributed by atoms with Crippen LogP contribution in [0, 0.1) is 0 Å². The van der Waals surface area contributed by atoms with Gasteiger partial charge < -0.3 is 24.9 Å². The molecule has 10 heteroatoms. The third-order valence-electron chi connectivity index (χ3n) is 4.84. The van der Waals surface area contributed by atoms with Crippen LogP contribution in [0.5, 0.6) is 0 Å². The molecular formula is C24H45O9P. The van der Waals surface area contributed by atoms with Crippen molar-refractivity contribution in [3.8, 4) is 0 Å². The number of hydrogen-bond donors (Lipinski definition) is 4. The topological polar surface area (TPSA) is 143 Å². The summed E-state index contributed by atoms with van der Waals surface area (Å²) in [6.07, 6.45) is 18.6. The number of rotatable bonds is 23. The molecule has 0 aromatic carbocycles. The Morgan fingerprint density at radius 1 is 0.824 bits per heavy atom. The molecule has 9 nitrogen and oxygen atoms in total. The molecule has 0 rings (SSSR count). The van der Waals surface area contributed by atoms with Gasteiger partial charge in [0.1, 0.15) is 18.8 Å². The largest absolute Gasteiger partial charge is 0.472 e. The van der Waals surface area contributed by atoms with Crippen molar-refractivity contribution in [1.29, 1.82) is 0 Å². The zero-order chi connectivity index (χ0) is 25.5. The standard InChI is InChI=1S/C24H45O9P/c1-2-3-4-5-6-7-8-9-10-11-12-13-14-15-16-17-24(28)31-19-23(27)21-33-34(29,30)32-20-22(26)18-25/h6-7,9-10,22-23,25-27H,2-5,8,11-21H2,1H3,(H,29,30)/b7-6-,10-9-/t22-,23+/m0/s1. The van der Waals surface area contributed by atoms with Gasteiger partial charge in [-0.15, -0.1) is 0 Å². The molecule has 0 heterocycles. The van der Waals surface area contributed by atoms with Gasteiger partial charge in [0, 0.05) is 6.42 Å². The van der Waals surface area contributed by atoms with Gasteiger partial charge in [0.2, 0.25) is 0 Å². The number of aliphatic hydroxyl groups is 3. The molecular weight excluding hydrogens is 463 g/mol. The molecule has 0 aliphatic heterocycles. The van der Waals surface area contributed by atoms with Crippen LogP contribution in [0.4, 0.5) is 0 Å². The van der Waals surface area contributed by atoms with Gasteiger partial charge in [0.25, 0.3) is 0 Å². The van der Waals surface area contributed by atoms with Crippen LogP contribution in [0.25, 0.3) is 0 Å². The molecule has 200 valence electrons. The van der Waals surface area contributed by atoms with Crippen LogP contribution >= 0.6 is 7.82 Å². The van der Waals surface area contributed by atoms with Gasteiger partial charge in [-0.1, -0.05) is 63.3 Å². The van der Waals surface area contributed by atoms with Gasteiger partial charge in [-0.05, 0) is 38.5 Å². The highest BCUT2D eigenvalue weighted by atomic mass is 31.2. The Balaban J connectivity index is 3.61. The van der Waals surface area contributed by atoms with E-state index in [0.717, 1.165) is 38.5 Å². The van der Waals surface area contributed by atoms with Gasteiger partial charge in [-0.2, -0.15) is 0 Å². The maximum absolute atomic E-state index is 11.7. The summed E-state index contributed by atoms with van der Waals surface area (Å²) in [7, 11) is -4.49. The van der Waals surface area contributed by atoms with E-state index in [9.17, 15) is 19.4 Å². The second kappa shape index (κ2) is 22.4. The van der Waals surface area contributed by atoms with E-state index in [1.54, 1.807) is 0 Å². The first kappa shape index (κ1) is 32.9. The number of phosphoric acid groups is 1. The molecule has 0 aromatic rings. The zero-order valence-corrected chi connectivity index (χ0v) is 21.4. The molecule has 0 fully saturated rings. The fraction of sp³-hybridized carbons (Fsp3) is 0.792. The van der Waals surface area contributed by atoms with Crippen molar-refractivity contribution in [2.45, 2.75) is 96.2 Å². The molecule has 0 radical (unpaired) electrons. The van der Waals surface area contributed by atoms with Gasteiger partial charge in [0.05, 0.1) is 19.8 Å².